The molecule has 18 heavy (non-hydrogen) atoms. The number of ether oxygens (including phenoxy) is 1. The third-order valence-electron chi connectivity index (χ3n) is 1.98. The lowest BCUT2D eigenvalue weighted by molar-refractivity contribution is -0.117. The normalized spacial score (nSPS) is 10.7. The molecule has 0 aliphatic heterocycles. The van der Waals surface area contributed by atoms with Crippen LogP contribution < -0.4 is 11.1 Å². The summed E-state index contributed by atoms with van der Waals surface area (Å²) in [6.07, 6.45) is -2.50. The average Bonchev–Trinajstić information content (AvgIpc) is 2.28. The fourth-order valence-electron chi connectivity index (χ4n) is 1.18. The summed E-state index contributed by atoms with van der Waals surface area (Å²) in [5, 5.41) is 2.62. The van der Waals surface area contributed by atoms with Crippen LogP contribution in [0.4, 0.5) is 20.2 Å². The van der Waals surface area contributed by atoms with Crippen molar-refractivity contribution >= 4 is 33.2 Å². The summed E-state index contributed by atoms with van der Waals surface area (Å²) in [6, 6.07) is 4.95. The van der Waals surface area contributed by atoms with Gasteiger partial charge in [-0.2, -0.15) is 0 Å². The molecule has 100 valence electrons. The standard InChI is InChI=1S/C11H13BrF2N2O2/c12-8-5-7(15)1-2-9(8)16-11(17)3-4-18-6-10(13)14/h1-2,5,10H,3-4,6,15H2,(H,16,17). The van der Waals surface area contributed by atoms with Crippen molar-refractivity contribution < 1.29 is 18.3 Å². The van der Waals surface area contributed by atoms with E-state index in [0.717, 1.165) is 0 Å². The van der Waals surface area contributed by atoms with Gasteiger partial charge in [0.05, 0.1) is 18.7 Å². The molecule has 0 atom stereocenters. The Hall–Kier alpha value is -1.21. The molecule has 0 aliphatic carbocycles. The maximum Gasteiger partial charge on any atom is 0.261 e. The van der Waals surface area contributed by atoms with Crippen LogP contribution in [0, 0.1) is 0 Å². The van der Waals surface area contributed by atoms with Gasteiger partial charge in [0.1, 0.15) is 6.61 Å². The molecule has 0 aromatic heterocycles. The second-order valence-electron chi connectivity index (χ2n) is 3.50. The number of carbonyl (C=O) groups is 1. The van der Waals surface area contributed by atoms with Crippen molar-refractivity contribution in [2.24, 2.45) is 0 Å². The highest BCUT2D eigenvalue weighted by molar-refractivity contribution is 9.10. The van der Waals surface area contributed by atoms with Gasteiger partial charge in [-0.05, 0) is 34.1 Å². The van der Waals surface area contributed by atoms with Crippen LogP contribution in [0.15, 0.2) is 22.7 Å². The fourth-order valence-corrected chi connectivity index (χ4v) is 1.68. The van der Waals surface area contributed by atoms with Crippen molar-refractivity contribution in [3.05, 3.63) is 22.7 Å². The van der Waals surface area contributed by atoms with Gasteiger partial charge in [0.15, 0.2) is 0 Å². The first-order valence-electron chi connectivity index (χ1n) is 5.20. The lowest BCUT2D eigenvalue weighted by atomic mass is 10.3. The summed E-state index contributed by atoms with van der Waals surface area (Å²) in [5.74, 6) is -0.310. The Kier molecular flexibility index (Phi) is 6.00. The third-order valence-corrected chi connectivity index (χ3v) is 2.64. The van der Waals surface area contributed by atoms with Gasteiger partial charge in [-0.25, -0.2) is 8.78 Å². The number of nitrogen functional groups attached to an aromatic ring is 1. The minimum absolute atomic E-state index is 0.0174. The van der Waals surface area contributed by atoms with E-state index in [9.17, 15) is 13.6 Å². The molecular weight excluding hydrogens is 310 g/mol. The van der Waals surface area contributed by atoms with Crippen molar-refractivity contribution in [2.45, 2.75) is 12.8 Å². The first kappa shape index (κ1) is 14.8. The number of rotatable bonds is 6. The first-order chi connectivity index (χ1) is 8.49. The number of alkyl halides is 2. The molecule has 0 saturated carbocycles. The molecular formula is C11H13BrF2N2O2. The van der Waals surface area contributed by atoms with E-state index < -0.39 is 13.0 Å². The Balaban J connectivity index is 2.35. The lowest BCUT2D eigenvalue weighted by Crippen LogP contribution is -2.16. The third kappa shape index (κ3) is 5.42. The highest BCUT2D eigenvalue weighted by atomic mass is 79.9. The molecule has 1 amide bonds. The number of anilines is 2. The van der Waals surface area contributed by atoms with Crippen molar-refractivity contribution in [3.8, 4) is 0 Å². The van der Waals surface area contributed by atoms with Gasteiger partial charge in [0.25, 0.3) is 6.43 Å². The minimum atomic E-state index is -2.51. The van der Waals surface area contributed by atoms with E-state index >= 15 is 0 Å². The van der Waals surface area contributed by atoms with Gasteiger partial charge in [-0.1, -0.05) is 0 Å². The van der Waals surface area contributed by atoms with Crippen LogP contribution >= 0.6 is 15.9 Å². The maximum absolute atomic E-state index is 11.8. The largest absolute Gasteiger partial charge is 0.399 e. The van der Waals surface area contributed by atoms with Gasteiger partial charge in [0.2, 0.25) is 5.91 Å². The number of amides is 1. The predicted molar refractivity (Wildman–Crippen MR) is 68.6 cm³/mol. The lowest BCUT2D eigenvalue weighted by Gasteiger charge is -2.08. The van der Waals surface area contributed by atoms with E-state index in [0.29, 0.717) is 15.8 Å². The molecule has 0 spiro atoms. The van der Waals surface area contributed by atoms with E-state index in [2.05, 4.69) is 26.0 Å². The number of carbonyl (C=O) groups excluding carboxylic acids is 1. The Morgan fingerprint density at radius 3 is 2.83 bits per heavy atom. The quantitative estimate of drug-likeness (QED) is 0.625. The van der Waals surface area contributed by atoms with Crippen LogP contribution in [0.1, 0.15) is 6.42 Å². The van der Waals surface area contributed by atoms with Gasteiger partial charge in [-0.3, -0.25) is 4.79 Å². The number of nitrogens with two attached hydrogens (primary N) is 1. The first-order valence-corrected chi connectivity index (χ1v) is 5.99. The zero-order valence-electron chi connectivity index (χ0n) is 9.46. The fraction of sp³-hybridized carbons (Fsp3) is 0.364. The molecule has 1 aromatic rings. The Bertz CT molecular complexity index is 416. The minimum Gasteiger partial charge on any atom is -0.399 e. The van der Waals surface area contributed by atoms with Gasteiger partial charge in [-0.15, -0.1) is 0 Å². The number of halogens is 3. The summed E-state index contributed by atoms with van der Waals surface area (Å²) in [7, 11) is 0. The maximum atomic E-state index is 11.8. The monoisotopic (exact) mass is 322 g/mol. The molecule has 0 aliphatic rings. The molecule has 0 bridgehead atoms. The SMILES string of the molecule is Nc1ccc(NC(=O)CCOCC(F)F)c(Br)c1. The highest BCUT2D eigenvalue weighted by Gasteiger charge is 2.07. The summed E-state index contributed by atoms with van der Waals surface area (Å²) in [5.41, 5.74) is 6.69. The van der Waals surface area contributed by atoms with E-state index in [1.807, 2.05) is 0 Å². The predicted octanol–water partition coefficient (Wildman–Crippen LogP) is 2.64. The topological polar surface area (TPSA) is 64.3 Å². The smallest absolute Gasteiger partial charge is 0.261 e. The van der Waals surface area contributed by atoms with E-state index in [-0.39, 0.29) is 18.9 Å². The Labute approximate surface area is 112 Å². The zero-order chi connectivity index (χ0) is 13.5. The number of hydrogen-bond acceptors (Lipinski definition) is 3. The summed E-state index contributed by atoms with van der Waals surface area (Å²) in [4.78, 5) is 11.5. The van der Waals surface area contributed by atoms with Crippen molar-refractivity contribution in [3.63, 3.8) is 0 Å². The van der Waals surface area contributed by atoms with Crippen LogP contribution in [-0.4, -0.2) is 25.5 Å². The molecule has 4 nitrogen and oxygen atoms in total. The van der Waals surface area contributed by atoms with Crippen LogP contribution in [0.3, 0.4) is 0 Å². The number of hydrogen-bond donors (Lipinski definition) is 2. The van der Waals surface area contributed by atoms with Gasteiger partial charge >= 0.3 is 0 Å². The van der Waals surface area contributed by atoms with Crippen molar-refractivity contribution in [1.29, 1.82) is 0 Å². The molecule has 1 rings (SSSR count). The average molecular weight is 323 g/mol. The van der Waals surface area contributed by atoms with Gasteiger partial charge in [0, 0.05) is 10.2 Å². The molecule has 0 heterocycles. The molecule has 0 fully saturated rings. The van der Waals surface area contributed by atoms with Gasteiger partial charge < -0.3 is 15.8 Å². The molecule has 3 N–H and O–H groups in total. The second kappa shape index (κ2) is 7.27. The van der Waals surface area contributed by atoms with Crippen LogP contribution in [-0.2, 0) is 9.53 Å². The Morgan fingerprint density at radius 1 is 1.50 bits per heavy atom. The van der Waals surface area contributed by atoms with Crippen LogP contribution in [0.2, 0.25) is 0 Å². The van der Waals surface area contributed by atoms with E-state index in [1.54, 1.807) is 18.2 Å². The van der Waals surface area contributed by atoms with E-state index in [4.69, 9.17) is 5.73 Å². The number of nitrogens with one attached hydrogen (secondary N) is 1. The summed E-state index contributed by atoms with van der Waals surface area (Å²) in [6.45, 7) is -0.693. The number of benzene rings is 1. The van der Waals surface area contributed by atoms with Crippen molar-refractivity contribution in [1.82, 2.24) is 0 Å². The highest BCUT2D eigenvalue weighted by Crippen LogP contribution is 2.24. The second-order valence-corrected chi connectivity index (χ2v) is 4.36. The Morgan fingerprint density at radius 2 is 2.22 bits per heavy atom. The summed E-state index contributed by atoms with van der Waals surface area (Å²) >= 11 is 3.25. The molecule has 7 heteroatoms. The molecule has 0 saturated heterocycles. The molecule has 1 aromatic carbocycles. The molecule has 0 radical (unpaired) electrons. The summed E-state index contributed by atoms with van der Waals surface area (Å²) < 4.78 is 28.8. The van der Waals surface area contributed by atoms with Crippen LogP contribution in [0.5, 0.6) is 0 Å². The zero-order valence-corrected chi connectivity index (χ0v) is 11.0. The molecule has 0 unspecified atom stereocenters. The van der Waals surface area contributed by atoms with Crippen LogP contribution in [0.25, 0.3) is 0 Å². The van der Waals surface area contributed by atoms with E-state index in [1.165, 1.54) is 0 Å². The van der Waals surface area contributed by atoms with Crippen molar-refractivity contribution in [2.75, 3.05) is 24.3 Å².